The molecule has 0 atom stereocenters. The van der Waals surface area contributed by atoms with Gasteiger partial charge in [-0.15, -0.1) is 5.10 Å². The molecule has 0 aliphatic heterocycles. The number of hydrogen-bond acceptors (Lipinski definition) is 8. The number of rotatable bonds is 8. The molecule has 142 valence electrons. The fourth-order valence-electron chi connectivity index (χ4n) is 2.35. The molecular weight excluding hydrogens is 362 g/mol. The van der Waals surface area contributed by atoms with Crippen LogP contribution in [0.15, 0.2) is 48.5 Å². The van der Waals surface area contributed by atoms with Gasteiger partial charge in [0.1, 0.15) is 0 Å². The van der Waals surface area contributed by atoms with Gasteiger partial charge in [0, 0.05) is 6.07 Å². The van der Waals surface area contributed by atoms with Crippen molar-refractivity contribution >= 4 is 5.97 Å². The molecule has 2 aromatic carbocycles. The Kier molecular flexibility index (Phi) is 6.15. The number of tetrazole rings is 1. The van der Waals surface area contributed by atoms with E-state index in [1.807, 2.05) is 43.3 Å². The topological polar surface area (TPSA) is 112 Å². The fraction of sp³-hybridized carbons (Fsp3) is 0.211. The van der Waals surface area contributed by atoms with Gasteiger partial charge in [0.05, 0.1) is 23.9 Å². The normalized spacial score (nSPS) is 10.1. The highest BCUT2D eigenvalue weighted by Crippen LogP contribution is 2.28. The lowest BCUT2D eigenvalue weighted by Crippen LogP contribution is -2.16. The fourth-order valence-corrected chi connectivity index (χ4v) is 2.35. The highest BCUT2D eigenvalue weighted by atomic mass is 16.6. The lowest BCUT2D eigenvalue weighted by molar-refractivity contribution is -0.147. The smallest absolute Gasteiger partial charge is 0.344 e. The summed E-state index contributed by atoms with van der Waals surface area (Å²) in [6.45, 7) is 1.79. The number of para-hydroxylation sites is 1. The summed E-state index contributed by atoms with van der Waals surface area (Å²) in [4.78, 5) is 12.0. The van der Waals surface area contributed by atoms with Gasteiger partial charge in [-0.2, -0.15) is 9.94 Å². The van der Waals surface area contributed by atoms with Gasteiger partial charge in [0.15, 0.2) is 30.5 Å². The summed E-state index contributed by atoms with van der Waals surface area (Å²) >= 11 is 0. The Labute approximate surface area is 161 Å². The molecule has 0 amide bonds. The monoisotopic (exact) mass is 379 g/mol. The van der Waals surface area contributed by atoms with Crippen molar-refractivity contribution in [2.24, 2.45) is 0 Å². The molecule has 0 unspecified atom stereocenters. The molecule has 3 rings (SSSR count). The second-order valence-corrected chi connectivity index (χ2v) is 5.50. The van der Waals surface area contributed by atoms with E-state index >= 15 is 0 Å². The van der Waals surface area contributed by atoms with Crippen molar-refractivity contribution in [3.8, 4) is 23.3 Å². The van der Waals surface area contributed by atoms with E-state index in [9.17, 15) is 4.79 Å². The van der Waals surface area contributed by atoms with Crippen molar-refractivity contribution < 1.29 is 19.0 Å². The van der Waals surface area contributed by atoms with Gasteiger partial charge >= 0.3 is 5.97 Å². The maximum atomic E-state index is 12.0. The number of ether oxygens (including phenoxy) is 3. The van der Waals surface area contributed by atoms with E-state index in [0.29, 0.717) is 29.5 Å². The highest BCUT2D eigenvalue weighted by Gasteiger charge is 2.13. The zero-order valence-electron chi connectivity index (χ0n) is 15.1. The number of benzene rings is 2. The van der Waals surface area contributed by atoms with E-state index in [-0.39, 0.29) is 13.2 Å². The van der Waals surface area contributed by atoms with Gasteiger partial charge < -0.3 is 14.2 Å². The minimum atomic E-state index is -0.589. The predicted octanol–water partition coefficient (Wildman–Crippen LogP) is 2.05. The minimum absolute atomic E-state index is 0.101. The van der Waals surface area contributed by atoms with Crippen molar-refractivity contribution in [3.63, 3.8) is 0 Å². The molecule has 0 N–H and O–H groups in total. The van der Waals surface area contributed by atoms with Crippen LogP contribution in [0.3, 0.4) is 0 Å². The van der Waals surface area contributed by atoms with E-state index in [2.05, 4.69) is 15.5 Å². The van der Waals surface area contributed by atoms with E-state index < -0.39 is 5.97 Å². The summed E-state index contributed by atoms with van der Waals surface area (Å²) in [6, 6.07) is 16.0. The maximum Gasteiger partial charge on any atom is 0.344 e. The molecule has 1 aromatic heterocycles. The van der Waals surface area contributed by atoms with Crippen molar-refractivity contribution in [1.82, 2.24) is 20.2 Å². The first-order chi connectivity index (χ1) is 13.7. The molecule has 0 radical (unpaired) electrons. The Bertz CT molecular complexity index is 981. The summed E-state index contributed by atoms with van der Waals surface area (Å²) in [5, 5.41) is 20.4. The number of hydrogen-bond donors (Lipinski definition) is 0. The maximum absolute atomic E-state index is 12.0. The zero-order chi connectivity index (χ0) is 19.8. The number of esters is 1. The SMILES string of the molecule is CCOc1cc(C#N)ccc1OCC(=O)OCc1nnnn1-c1ccccc1. The van der Waals surface area contributed by atoms with Gasteiger partial charge in [0.2, 0.25) is 0 Å². The van der Waals surface area contributed by atoms with Crippen LogP contribution in [0.5, 0.6) is 11.5 Å². The number of aromatic nitrogens is 4. The standard InChI is InChI=1S/C19H17N5O4/c1-2-26-17-10-14(11-20)8-9-16(17)27-13-19(25)28-12-18-21-22-23-24(18)15-6-4-3-5-7-15/h3-10H,2,12-13H2,1H3. The molecule has 28 heavy (non-hydrogen) atoms. The Morgan fingerprint density at radius 3 is 2.71 bits per heavy atom. The highest BCUT2D eigenvalue weighted by molar-refractivity contribution is 5.71. The third-order valence-corrected chi connectivity index (χ3v) is 3.62. The molecule has 0 aliphatic rings. The first-order valence-electron chi connectivity index (χ1n) is 8.49. The number of nitriles is 1. The van der Waals surface area contributed by atoms with Crippen LogP contribution in [0.2, 0.25) is 0 Å². The Balaban J connectivity index is 1.58. The molecule has 0 bridgehead atoms. The second-order valence-electron chi connectivity index (χ2n) is 5.50. The summed E-state index contributed by atoms with van der Waals surface area (Å²) < 4.78 is 17.6. The van der Waals surface area contributed by atoms with Crippen molar-refractivity contribution in [2.45, 2.75) is 13.5 Å². The van der Waals surface area contributed by atoms with E-state index in [1.165, 1.54) is 4.68 Å². The van der Waals surface area contributed by atoms with Crippen LogP contribution in [0.25, 0.3) is 5.69 Å². The molecule has 0 spiro atoms. The Hall–Kier alpha value is -3.93. The molecule has 1 heterocycles. The second kappa shape index (κ2) is 9.14. The van der Waals surface area contributed by atoms with Crippen LogP contribution < -0.4 is 9.47 Å². The third kappa shape index (κ3) is 4.62. The quantitative estimate of drug-likeness (QED) is 0.547. The van der Waals surface area contributed by atoms with Gasteiger partial charge in [-0.3, -0.25) is 0 Å². The molecule has 9 nitrogen and oxygen atoms in total. The average molecular weight is 379 g/mol. The lowest BCUT2D eigenvalue weighted by Gasteiger charge is -2.12. The predicted molar refractivity (Wildman–Crippen MR) is 96.8 cm³/mol. The van der Waals surface area contributed by atoms with Crippen LogP contribution in [0, 0.1) is 11.3 Å². The van der Waals surface area contributed by atoms with Crippen LogP contribution in [0.4, 0.5) is 0 Å². The lowest BCUT2D eigenvalue weighted by atomic mass is 10.2. The minimum Gasteiger partial charge on any atom is -0.490 e. The van der Waals surface area contributed by atoms with Crippen LogP contribution in [0.1, 0.15) is 18.3 Å². The number of carbonyl (C=O) groups is 1. The molecule has 0 saturated heterocycles. The molecular formula is C19H17N5O4. The molecule has 0 fully saturated rings. The van der Waals surface area contributed by atoms with Crippen molar-refractivity contribution in [1.29, 1.82) is 5.26 Å². The van der Waals surface area contributed by atoms with Gasteiger partial charge in [-0.25, -0.2) is 4.79 Å². The first kappa shape index (κ1) is 18.8. The van der Waals surface area contributed by atoms with Gasteiger partial charge in [0.25, 0.3) is 0 Å². The summed E-state index contributed by atoms with van der Waals surface area (Å²) in [7, 11) is 0. The summed E-state index contributed by atoms with van der Waals surface area (Å²) in [6.07, 6.45) is 0. The zero-order valence-corrected chi connectivity index (χ0v) is 15.1. The number of carbonyl (C=O) groups excluding carboxylic acids is 1. The van der Waals surface area contributed by atoms with Crippen LogP contribution in [-0.4, -0.2) is 39.4 Å². The van der Waals surface area contributed by atoms with Crippen LogP contribution >= 0.6 is 0 Å². The molecule has 0 aliphatic carbocycles. The molecule has 3 aromatic rings. The Morgan fingerprint density at radius 1 is 1.14 bits per heavy atom. The largest absolute Gasteiger partial charge is 0.490 e. The van der Waals surface area contributed by atoms with Crippen LogP contribution in [-0.2, 0) is 16.1 Å². The molecule has 0 saturated carbocycles. The van der Waals surface area contributed by atoms with Crippen molar-refractivity contribution in [2.75, 3.05) is 13.2 Å². The Morgan fingerprint density at radius 2 is 1.96 bits per heavy atom. The van der Waals surface area contributed by atoms with E-state index in [0.717, 1.165) is 5.69 Å². The third-order valence-electron chi connectivity index (χ3n) is 3.62. The van der Waals surface area contributed by atoms with E-state index in [4.69, 9.17) is 19.5 Å². The summed E-state index contributed by atoms with van der Waals surface area (Å²) in [5.41, 5.74) is 1.19. The number of nitrogens with zero attached hydrogens (tertiary/aromatic N) is 5. The first-order valence-corrected chi connectivity index (χ1v) is 8.49. The summed E-state index contributed by atoms with van der Waals surface area (Å²) in [5.74, 6) is 0.539. The van der Waals surface area contributed by atoms with Gasteiger partial charge in [-0.1, -0.05) is 18.2 Å². The van der Waals surface area contributed by atoms with Crippen molar-refractivity contribution in [3.05, 3.63) is 59.9 Å². The van der Waals surface area contributed by atoms with E-state index in [1.54, 1.807) is 18.2 Å². The average Bonchev–Trinajstić information content (AvgIpc) is 3.20. The van der Waals surface area contributed by atoms with Gasteiger partial charge in [-0.05, 0) is 41.6 Å². The molecule has 9 heteroatoms.